The number of urea groups is 1. The van der Waals surface area contributed by atoms with Crippen molar-refractivity contribution in [1.82, 2.24) is 9.80 Å². The summed E-state index contributed by atoms with van der Waals surface area (Å²) < 4.78 is 28.3. The summed E-state index contributed by atoms with van der Waals surface area (Å²) >= 11 is 6.07. The number of piperazine rings is 1. The molecular formula is C16H22ClN3O4S. The number of benzene rings is 1. The Morgan fingerprint density at radius 3 is 2.56 bits per heavy atom. The highest BCUT2D eigenvalue weighted by Gasteiger charge is 2.34. The van der Waals surface area contributed by atoms with Crippen molar-refractivity contribution in [2.45, 2.75) is 12.5 Å². The summed E-state index contributed by atoms with van der Waals surface area (Å²) in [5.41, 5.74) is 0.611. The van der Waals surface area contributed by atoms with E-state index < -0.39 is 9.84 Å². The molecule has 1 N–H and O–H groups in total. The van der Waals surface area contributed by atoms with Gasteiger partial charge in [0.1, 0.15) is 5.75 Å². The molecule has 7 nitrogen and oxygen atoms in total. The molecule has 1 aromatic carbocycles. The Labute approximate surface area is 152 Å². The summed E-state index contributed by atoms with van der Waals surface area (Å²) in [5, 5.41) is 3.27. The number of sulfone groups is 1. The van der Waals surface area contributed by atoms with E-state index >= 15 is 0 Å². The van der Waals surface area contributed by atoms with E-state index in [4.69, 9.17) is 16.3 Å². The van der Waals surface area contributed by atoms with Crippen LogP contribution in [0.3, 0.4) is 0 Å². The molecule has 2 aliphatic rings. The summed E-state index contributed by atoms with van der Waals surface area (Å²) in [6.07, 6.45) is 0.693. The van der Waals surface area contributed by atoms with Crippen LogP contribution in [-0.4, -0.2) is 75.1 Å². The predicted molar refractivity (Wildman–Crippen MR) is 97.2 cm³/mol. The van der Waals surface area contributed by atoms with Gasteiger partial charge >= 0.3 is 6.03 Å². The van der Waals surface area contributed by atoms with Crippen LogP contribution in [0.2, 0.25) is 5.02 Å². The topological polar surface area (TPSA) is 79.0 Å². The van der Waals surface area contributed by atoms with Crippen molar-refractivity contribution in [3.63, 3.8) is 0 Å². The Morgan fingerprint density at radius 1 is 1.28 bits per heavy atom. The van der Waals surface area contributed by atoms with Gasteiger partial charge in [0.15, 0.2) is 9.84 Å². The molecule has 2 saturated heterocycles. The SMILES string of the molecule is COc1ccc(NC(=O)N2CCN(C3CCS(=O)(=O)C3)CC2)cc1Cl. The molecule has 0 radical (unpaired) electrons. The second-order valence-electron chi connectivity index (χ2n) is 6.36. The highest BCUT2D eigenvalue weighted by Crippen LogP contribution is 2.27. The molecule has 2 fully saturated rings. The van der Waals surface area contributed by atoms with Gasteiger partial charge in [-0.25, -0.2) is 13.2 Å². The zero-order chi connectivity index (χ0) is 18.0. The third kappa shape index (κ3) is 4.37. The molecule has 25 heavy (non-hydrogen) atoms. The van der Waals surface area contributed by atoms with Gasteiger partial charge in [-0.3, -0.25) is 4.90 Å². The lowest BCUT2D eigenvalue weighted by atomic mass is 10.2. The average Bonchev–Trinajstić information content (AvgIpc) is 2.95. The molecule has 0 bridgehead atoms. The molecule has 138 valence electrons. The summed E-state index contributed by atoms with van der Waals surface area (Å²) in [5.74, 6) is 1.07. The quantitative estimate of drug-likeness (QED) is 0.853. The monoisotopic (exact) mass is 387 g/mol. The van der Waals surface area contributed by atoms with Gasteiger partial charge in [0, 0.05) is 37.9 Å². The van der Waals surface area contributed by atoms with E-state index in [1.807, 2.05) is 0 Å². The number of methoxy groups -OCH3 is 1. The first-order valence-electron chi connectivity index (χ1n) is 8.22. The number of ether oxygens (including phenoxy) is 1. The molecule has 2 heterocycles. The van der Waals surface area contributed by atoms with E-state index in [0.717, 1.165) is 0 Å². The van der Waals surface area contributed by atoms with Crippen molar-refractivity contribution >= 4 is 33.2 Å². The van der Waals surface area contributed by atoms with E-state index in [9.17, 15) is 13.2 Å². The third-order valence-corrected chi connectivity index (χ3v) is 6.78. The normalized spacial score (nSPS) is 23.4. The molecule has 0 aliphatic carbocycles. The molecule has 2 aliphatic heterocycles. The minimum Gasteiger partial charge on any atom is -0.495 e. The maximum absolute atomic E-state index is 12.4. The van der Waals surface area contributed by atoms with Gasteiger partial charge < -0.3 is 15.0 Å². The highest BCUT2D eigenvalue weighted by atomic mass is 35.5. The van der Waals surface area contributed by atoms with Crippen molar-refractivity contribution in [1.29, 1.82) is 0 Å². The first-order chi connectivity index (χ1) is 11.9. The van der Waals surface area contributed by atoms with Crippen LogP contribution in [0.5, 0.6) is 5.75 Å². The van der Waals surface area contributed by atoms with E-state index in [2.05, 4.69) is 10.2 Å². The molecule has 0 saturated carbocycles. The Kier molecular flexibility index (Phi) is 5.41. The van der Waals surface area contributed by atoms with E-state index in [1.165, 1.54) is 7.11 Å². The van der Waals surface area contributed by atoms with Crippen LogP contribution >= 0.6 is 11.6 Å². The van der Waals surface area contributed by atoms with E-state index in [0.29, 0.717) is 49.1 Å². The Balaban J connectivity index is 1.52. The maximum Gasteiger partial charge on any atom is 0.321 e. The molecule has 0 aromatic heterocycles. The summed E-state index contributed by atoms with van der Waals surface area (Å²) in [4.78, 5) is 16.3. The van der Waals surface area contributed by atoms with Crippen LogP contribution in [0.25, 0.3) is 0 Å². The average molecular weight is 388 g/mol. The standard InChI is InChI=1S/C16H22ClN3O4S/c1-24-15-3-2-12(10-14(15)17)18-16(21)20-7-5-19(6-8-20)13-4-9-25(22,23)11-13/h2-3,10,13H,4-9,11H2,1H3,(H,18,21). The summed E-state index contributed by atoms with van der Waals surface area (Å²) in [7, 11) is -1.35. The van der Waals surface area contributed by atoms with Gasteiger partial charge in [-0.15, -0.1) is 0 Å². The van der Waals surface area contributed by atoms with Gasteiger partial charge in [0.2, 0.25) is 0 Å². The minimum atomic E-state index is -2.88. The highest BCUT2D eigenvalue weighted by molar-refractivity contribution is 7.91. The molecule has 1 aromatic rings. The Morgan fingerprint density at radius 2 is 2.00 bits per heavy atom. The number of nitrogens with one attached hydrogen (secondary N) is 1. The van der Waals surface area contributed by atoms with Crippen molar-refractivity contribution in [2.75, 3.05) is 50.1 Å². The minimum absolute atomic E-state index is 0.0932. The number of amides is 2. The van der Waals surface area contributed by atoms with E-state index in [-0.39, 0.29) is 23.6 Å². The van der Waals surface area contributed by atoms with Gasteiger partial charge in [-0.2, -0.15) is 0 Å². The fraction of sp³-hybridized carbons (Fsp3) is 0.562. The fourth-order valence-electron chi connectivity index (χ4n) is 3.30. The molecule has 1 atom stereocenters. The van der Waals surface area contributed by atoms with Crippen molar-refractivity contribution in [2.24, 2.45) is 0 Å². The number of hydrogen-bond acceptors (Lipinski definition) is 5. The second kappa shape index (κ2) is 7.39. The van der Waals surface area contributed by atoms with Gasteiger partial charge in [-0.05, 0) is 24.6 Å². The maximum atomic E-state index is 12.4. The number of hydrogen-bond donors (Lipinski definition) is 1. The van der Waals surface area contributed by atoms with Gasteiger partial charge in [0.25, 0.3) is 0 Å². The van der Waals surface area contributed by atoms with Crippen LogP contribution in [0.4, 0.5) is 10.5 Å². The molecule has 1 unspecified atom stereocenters. The lowest BCUT2D eigenvalue weighted by molar-refractivity contribution is 0.121. The number of carbonyl (C=O) groups is 1. The second-order valence-corrected chi connectivity index (χ2v) is 9.00. The van der Waals surface area contributed by atoms with Crippen LogP contribution in [0.1, 0.15) is 6.42 Å². The summed E-state index contributed by atoms with van der Waals surface area (Å²) in [6, 6.07) is 5.01. The van der Waals surface area contributed by atoms with Crippen LogP contribution in [0, 0.1) is 0 Å². The van der Waals surface area contributed by atoms with Gasteiger partial charge in [-0.1, -0.05) is 11.6 Å². The molecule has 9 heteroatoms. The molecule has 3 rings (SSSR count). The van der Waals surface area contributed by atoms with E-state index in [1.54, 1.807) is 23.1 Å². The number of anilines is 1. The predicted octanol–water partition coefficient (Wildman–Crippen LogP) is 1.69. The number of rotatable bonds is 3. The Bertz CT molecular complexity index is 748. The summed E-state index contributed by atoms with van der Waals surface area (Å²) in [6.45, 7) is 2.53. The largest absolute Gasteiger partial charge is 0.495 e. The zero-order valence-electron chi connectivity index (χ0n) is 14.1. The van der Waals surface area contributed by atoms with Crippen LogP contribution in [-0.2, 0) is 9.84 Å². The van der Waals surface area contributed by atoms with Crippen LogP contribution < -0.4 is 10.1 Å². The molecule has 2 amide bonds. The van der Waals surface area contributed by atoms with Crippen molar-refractivity contribution < 1.29 is 17.9 Å². The molecule has 0 spiro atoms. The lowest BCUT2D eigenvalue weighted by Gasteiger charge is -2.37. The van der Waals surface area contributed by atoms with Crippen molar-refractivity contribution in [3.05, 3.63) is 23.2 Å². The zero-order valence-corrected chi connectivity index (χ0v) is 15.6. The smallest absolute Gasteiger partial charge is 0.321 e. The number of nitrogens with zero attached hydrogens (tertiary/aromatic N) is 2. The number of halogens is 1. The fourth-order valence-corrected chi connectivity index (χ4v) is 5.32. The first-order valence-corrected chi connectivity index (χ1v) is 10.4. The van der Waals surface area contributed by atoms with Crippen LogP contribution in [0.15, 0.2) is 18.2 Å². The Hall–Kier alpha value is -1.51. The lowest BCUT2D eigenvalue weighted by Crippen LogP contribution is -2.53. The first kappa shape index (κ1) is 18.3. The molecular weight excluding hydrogens is 366 g/mol. The van der Waals surface area contributed by atoms with Crippen molar-refractivity contribution in [3.8, 4) is 5.75 Å². The van der Waals surface area contributed by atoms with Gasteiger partial charge in [0.05, 0.1) is 23.6 Å². The number of carbonyl (C=O) groups excluding carboxylic acids is 1. The third-order valence-electron chi connectivity index (χ3n) is 4.73.